The molecule has 2 amide bonds. The van der Waals surface area contributed by atoms with E-state index in [1.54, 1.807) is 12.1 Å². The summed E-state index contributed by atoms with van der Waals surface area (Å²) in [6.45, 7) is 1.33. The van der Waals surface area contributed by atoms with Gasteiger partial charge in [0.15, 0.2) is 0 Å². The van der Waals surface area contributed by atoms with Crippen molar-refractivity contribution in [2.45, 2.75) is 37.1 Å². The van der Waals surface area contributed by atoms with Crippen LogP contribution in [-0.4, -0.2) is 35.1 Å². The van der Waals surface area contributed by atoms with Crippen molar-refractivity contribution >= 4 is 12.0 Å². The first-order chi connectivity index (χ1) is 13.1. The number of rotatable bonds is 3. The first-order valence-electron chi connectivity index (χ1n) is 9.51. The first-order valence-corrected chi connectivity index (χ1v) is 9.51. The molecule has 5 nitrogen and oxygen atoms in total. The number of amides is 2. The van der Waals surface area contributed by atoms with E-state index in [-0.39, 0.29) is 11.3 Å². The minimum Gasteiger partial charge on any atom is -0.465 e. The third kappa shape index (κ3) is 3.29. The number of nitrogens with zero attached hydrogens (tertiary/aromatic N) is 1. The van der Waals surface area contributed by atoms with Crippen LogP contribution in [0.3, 0.4) is 0 Å². The number of likely N-dealkylation sites (tertiary alicyclic amines) is 1. The van der Waals surface area contributed by atoms with Crippen molar-refractivity contribution in [2.24, 2.45) is 0 Å². The fourth-order valence-corrected chi connectivity index (χ4v) is 4.68. The molecule has 1 fully saturated rings. The second kappa shape index (κ2) is 7.06. The lowest BCUT2D eigenvalue weighted by Gasteiger charge is -2.41. The summed E-state index contributed by atoms with van der Waals surface area (Å²) in [5.41, 5.74) is 3.74. The van der Waals surface area contributed by atoms with Crippen LogP contribution in [0.25, 0.3) is 0 Å². The van der Waals surface area contributed by atoms with Crippen molar-refractivity contribution in [2.75, 3.05) is 13.1 Å². The van der Waals surface area contributed by atoms with Gasteiger partial charge in [0.25, 0.3) is 0 Å². The standard InChI is InChI=1S/C22H24N2O3/c25-20(19(23-21(26)27)17-7-2-1-3-8-17)24-14-12-22(13-15-24)11-10-16-6-4-5-9-18(16)22/h1-9,19,23H,10-15H2,(H,26,27)/t19-/m1/s1. The van der Waals surface area contributed by atoms with Crippen molar-refractivity contribution in [1.29, 1.82) is 0 Å². The van der Waals surface area contributed by atoms with Gasteiger partial charge in [-0.25, -0.2) is 4.79 Å². The van der Waals surface area contributed by atoms with Gasteiger partial charge in [0.05, 0.1) is 0 Å². The molecule has 0 saturated carbocycles. The van der Waals surface area contributed by atoms with E-state index in [2.05, 4.69) is 29.6 Å². The molecule has 0 radical (unpaired) electrons. The second-order valence-electron chi connectivity index (χ2n) is 7.56. The maximum Gasteiger partial charge on any atom is 0.405 e. The molecule has 27 heavy (non-hydrogen) atoms. The highest BCUT2D eigenvalue weighted by atomic mass is 16.4. The molecule has 1 saturated heterocycles. The molecule has 1 aliphatic heterocycles. The molecule has 5 heteroatoms. The van der Waals surface area contributed by atoms with Crippen molar-refractivity contribution in [3.05, 3.63) is 71.3 Å². The third-order valence-corrected chi connectivity index (χ3v) is 6.14. The Bertz CT molecular complexity index is 842. The predicted octanol–water partition coefficient (Wildman–Crippen LogP) is 3.50. The summed E-state index contributed by atoms with van der Waals surface area (Å²) < 4.78 is 0. The summed E-state index contributed by atoms with van der Waals surface area (Å²) in [5, 5.41) is 11.6. The molecule has 1 heterocycles. The zero-order valence-corrected chi connectivity index (χ0v) is 15.2. The average Bonchev–Trinajstić information content (AvgIpc) is 3.05. The fraction of sp³-hybridized carbons (Fsp3) is 0.364. The Morgan fingerprint density at radius 1 is 0.963 bits per heavy atom. The predicted molar refractivity (Wildman–Crippen MR) is 103 cm³/mol. The van der Waals surface area contributed by atoms with Gasteiger partial charge in [0, 0.05) is 13.1 Å². The summed E-state index contributed by atoms with van der Waals surface area (Å²) in [6.07, 6.45) is 2.94. The molecule has 2 N–H and O–H groups in total. The Hall–Kier alpha value is -2.82. The lowest BCUT2D eigenvalue weighted by Crippen LogP contribution is -2.48. The molecule has 2 aromatic carbocycles. The molecule has 1 spiro atoms. The zero-order valence-electron chi connectivity index (χ0n) is 15.2. The number of aryl methyl sites for hydroxylation is 1. The van der Waals surface area contributed by atoms with Crippen LogP contribution in [0, 0.1) is 0 Å². The Morgan fingerprint density at radius 3 is 2.33 bits per heavy atom. The molecule has 0 bridgehead atoms. The van der Waals surface area contributed by atoms with Crippen molar-refractivity contribution < 1.29 is 14.7 Å². The Morgan fingerprint density at radius 2 is 1.63 bits per heavy atom. The van der Waals surface area contributed by atoms with Gasteiger partial charge >= 0.3 is 6.09 Å². The summed E-state index contributed by atoms with van der Waals surface area (Å²) in [5.74, 6) is -0.162. The largest absolute Gasteiger partial charge is 0.465 e. The number of nitrogens with one attached hydrogen (secondary N) is 1. The quantitative estimate of drug-likeness (QED) is 0.876. The van der Waals surface area contributed by atoms with Crippen molar-refractivity contribution in [3.8, 4) is 0 Å². The van der Waals surface area contributed by atoms with Crippen molar-refractivity contribution in [3.63, 3.8) is 0 Å². The SMILES string of the molecule is O=C(O)N[C@@H](C(=O)N1CCC2(CCc3ccccc32)CC1)c1ccccc1. The van der Waals surface area contributed by atoms with Crippen LogP contribution in [0.1, 0.15) is 42.0 Å². The minimum absolute atomic E-state index is 0.162. The highest BCUT2D eigenvalue weighted by Gasteiger charge is 2.42. The molecule has 2 aliphatic rings. The lowest BCUT2D eigenvalue weighted by atomic mass is 9.73. The number of carboxylic acid groups (broad SMARTS) is 1. The molecule has 2 aromatic rings. The van der Waals surface area contributed by atoms with Gasteiger partial charge < -0.3 is 15.3 Å². The van der Waals surface area contributed by atoms with Crippen LogP contribution in [0.15, 0.2) is 54.6 Å². The smallest absolute Gasteiger partial charge is 0.405 e. The molecule has 4 rings (SSSR count). The van der Waals surface area contributed by atoms with E-state index in [1.807, 2.05) is 23.1 Å². The summed E-state index contributed by atoms with van der Waals surface area (Å²) in [4.78, 5) is 26.1. The van der Waals surface area contributed by atoms with E-state index >= 15 is 0 Å². The maximum absolute atomic E-state index is 13.1. The van der Waals surface area contributed by atoms with Crippen LogP contribution in [-0.2, 0) is 16.6 Å². The first kappa shape index (κ1) is 17.6. The van der Waals surface area contributed by atoms with Gasteiger partial charge in [0.2, 0.25) is 5.91 Å². The molecule has 1 atom stereocenters. The average molecular weight is 364 g/mol. The van der Waals surface area contributed by atoms with E-state index in [0.29, 0.717) is 18.7 Å². The number of benzene rings is 2. The second-order valence-corrected chi connectivity index (χ2v) is 7.56. The van der Waals surface area contributed by atoms with E-state index in [1.165, 1.54) is 11.1 Å². The van der Waals surface area contributed by atoms with Gasteiger partial charge in [-0.15, -0.1) is 0 Å². The van der Waals surface area contributed by atoms with E-state index in [0.717, 1.165) is 25.7 Å². The monoisotopic (exact) mass is 364 g/mol. The Balaban J connectivity index is 1.50. The molecule has 0 aromatic heterocycles. The summed E-state index contributed by atoms with van der Waals surface area (Å²) in [7, 11) is 0. The van der Waals surface area contributed by atoms with Gasteiger partial charge in [0.1, 0.15) is 6.04 Å². The van der Waals surface area contributed by atoms with Crippen LogP contribution < -0.4 is 5.32 Å². The van der Waals surface area contributed by atoms with E-state index in [9.17, 15) is 14.7 Å². The normalized spacial score (nSPS) is 18.7. The van der Waals surface area contributed by atoms with Gasteiger partial charge in [-0.3, -0.25) is 4.79 Å². The van der Waals surface area contributed by atoms with Crippen molar-refractivity contribution in [1.82, 2.24) is 10.2 Å². The molecule has 0 unspecified atom stereocenters. The Labute approximate surface area is 159 Å². The summed E-state index contributed by atoms with van der Waals surface area (Å²) in [6, 6.07) is 16.9. The third-order valence-electron chi connectivity index (χ3n) is 6.14. The number of fused-ring (bicyclic) bond motifs is 2. The van der Waals surface area contributed by atoms with E-state index in [4.69, 9.17) is 0 Å². The topological polar surface area (TPSA) is 69.6 Å². The maximum atomic E-state index is 13.1. The molecular weight excluding hydrogens is 340 g/mol. The number of carbonyl (C=O) groups excluding carboxylic acids is 1. The summed E-state index contributed by atoms with van der Waals surface area (Å²) >= 11 is 0. The number of hydrogen-bond donors (Lipinski definition) is 2. The number of carbonyl (C=O) groups is 2. The van der Waals surface area contributed by atoms with Gasteiger partial charge in [-0.05, 0) is 47.8 Å². The molecule has 140 valence electrons. The van der Waals surface area contributed by atoms with Gasteiger partial charge in [-0.1, -0.05) is 54.6 Å². The Kier molecular flexibility index (Phi) is 4.60. The van der Waals surface area contributed by atoms with Crippen LogP contribution in [0.2, 0.25) is 0 Å². The highest BCUT2D eigenvalue weighted by molar-refractivity contribution is 5.86. The van der Waals surface area contributed by atoms with Crippen LogP contribution in [0.5, 0.6) is 0 Å². The number of hydrogen-bond acceptors (Lipinski definition) is 2. The minimum atomic E-state index is -1.18. The van der Waals surface area contributed by atoms with E-state index < -0.39 is 12.1 Å². The molecule has 1 aliphatic carbocycles. The number of piperidine rings is 1. The highest BCUT2D eigenvalue weighted by Crippen LogP contribution is 2.46. The van der Waals surface area contributed by atoms with Crippen LogP contribution in [0.4, 0.5) is 4.79 Å². The van der Waals surface area contributed by atoms with Gasteiger partial charge in [-0.2, -0.15) is 0 Å². The molecular formula is C22H24N2O3. The fourth-order valence-electron chi connectivity index (χ4n) is 4.68. The zero-order chi connectivity index (χ0) is 18.9. The van der Waals surface area contributed by atoms with Crippen LogP contribution >= 0.6 is 0 Å². The lowest BCUT2D eigenvalue weighted by molar-refractivity contribution is -0.135.